The van der Waals surface area contributed by atoms with E-state index in [1.54, 1.807) is 0 Å². The van der Waals surface area contributed by atoms with Gasteiger partial charge in [0, 0.05) is 17.8 Å². The summed E-state index contributed by atoms with van der Waals surface area (Å²) in [6, 6.07) is 22.4. The molecule has 1 N–H and O–H groups in total. The molecule has 0 unspecified atom stereocenters. The predicted octanol–water partition coefficient (Wildman–Crippen LogP) is 6.40. The molecule has 0 amide bonds. The summed E-state index contributed by atoms with van der Waals surface area (Å²) in [6.07, 6.45) is 2.60. The van der Waals surface area contributed by atoms with Crippen molar-refractivity contribution >= 4 is 5.69 Å². The number of ether oxygens (including phenoxy) is 3. The number of nitrogens with one attached hydrogen (secondary N) is 1. The number of rotatable bonds is 12. The second-order valence-corrected chi connectivity index (χ2v) is 7.09. The largest absolute Gasteiger partial charge is 0.494 e. The Labute approximate surface area is 185 Å². The average Bonchev–Trinajstić information content (AvgIpc) is 2.79. The molecule has 3 aromatic rings. The molecule has 4 heteroatoms. The maximum atomic E-state index is 6.21. The minimum absolute atomic E-state index is 0.495. The maximum absolute atomic E-state index is 6.21. The summed E-state index contributed by atoms with van der Waals surface area (Å²) in [5, 5.41) is 3.47. The van der Waals surface area contributed by atoms with E-state index in [4.69, 9.17) is 14.2 Å². The van der Waals surface area contributed by atoms with Crippen LogP contribution < -0.4 is 19.5 Å². The van der Waals surface area contributed by atoms with Gasteiger partial charge < -0.3 is 19.5 Å². The first kappa shape index (κ1) is 22.3. The fourth-order valence-corrected chi connectivity index (χ4v) is 3.33. The summed E-state index contributed by atoms with van der Waals surface area (Å²) in [5.74, 6) is 2.43. The summed E-state index contributed by atoms with van der Waals surface area (Å²) < 4.78 is 17.7. The Bertz CT molecular complexity index is 952. The lowest BCUT2D eigenvalue weighted by molar-refractivity contribution is 0.267. The van der Waals surface area contributed by atoms with Gasteiger partial charge in [-0.15, -0.1) is 6.58 Å². The van der Waals surface area contributed by atoms with E-state index in [2.05, 4.69) is 36.2 Å². The van der Waals surface area contributed by atoms with E-state index >= 15 is 0 Å². The lowest BCUT2D eigenvalue weighted by atomic mass is 10.0. The monoisotopic (exact) mass is 417 g/mol. The van der Waals surface area contributed by atoms with Crippen LogP contribution in [0.4, 0.5) is 5.69 Å². The van der Waals surface area contributed by atoms with Gasteiger partial charge in [0.2, 0.25) is 0 Å². The van der Waals surface area contributed by atoms with Crippen molar-refractivity contribution in [1.29, 1.82) is 0 Å². The Morgan fingerprint density at radius 2 is 1.58 bits per heavy atom. The molecule has 0 radical (unpaired) electrons. The van der Waals surface area contributed by atoms with Crippen molar-refractivity contribution in [2.24, 2.45) is 0 Å². The van der Waals surface area contributed by atoms with Crippen LogP contribution in [0, 0.1) is 0 Å². The summed E-state index contributed by atoms with van der Waals surface area (Å²) in [4.78, 5) is 0. The fourth-order valence-electron chi connectivity index (χ4n) is 3.33. The van der Waals surface area contributed by atoms with Crippen LogP contribution in [0.1, 0.15) is 30.5 Å². The highest BCUT2D eigenvalue weighted by Crippen LogP contribution is 2.35. The molecule has 0 fully saturated rings. The van der Waals surface area contributed by atoms with Crippen LogP contribution in [0.3, 0.4) is 0 Å². The highest BCUT2D eigenvalue weighted by atomic mass is 16.5. The standard InChI is InChI=1S/C27H31NO3/c1-4-10-23-17-22(19-28-24-13-15-25(16-14-24)29-5-2)18-26(30-6-3)27(23)31-20-21-11-8-7-9-12-21/h4,7-9,11-18,28H,1,5-6,10,19-20H2,2-3H3. The van der Waals surface area contributed by atoms with Crippen molar-refractivity contribution in [2.45, 2.75) is 33.4 Å². The molecule has 3 aromatic carbocycles. The van der Waals surface area contributed by atoms with E-state index in [9.17, 15) is 0 Å². The normalized spacial score (nSPS) is 10.4. The van der Waals surface area contributed by atoms with Gasteiger partial charge in [0.05, 0.1) is 13.2 Å². The Hall–Kier alpha value is -3.40. The molecule has 0 saturated carbocycles. The number of hydrogen-bond donors (Lipinski definition) is 1. The zero-order valence-corrected chi connectivity index (χ0v) is 18.4. The van der Waals surface area contributed by atoms with Crippen LogP contribution in [-0.4, -0.2) is 13.2 Å². The Morgan fingerprint density at radius 1 is 0.839 bits per heavy atom. The summed E-state index contributed by atoms with van der Waals surface area (Å²) in [6.45, 7) is 10.3. The van der Waals surface area contributed by atoms with Crippen LogP contribution in [0.15, 0.2) is 79.4 Å². The zero-order valence-electron chi connectivity index (χ0n) is 18.4. The smallest absolute Gasteiger partial charge is 0.165 e. The van der Waals surface area contributed by atoms with Gasteiger partial charge >= 0.3 is 0 Å². The van der Waals surface area contributed by atoms with Crippen molar-refractivity contribution in [2.75, 3.05) is 18.5 Å². The van der Waals surface area contributed by atoms with E-state index < -0.39 is 0 Å². The molecule has 4 nitrogen and oxygen atoms in total. The molecule has 31 heavy (non-hydrogen) atoms. The lowest BCUT2D eigenvalue weighted by Gasteiger charge is -2.18. The Morgan fingerprint density at radius 3 is 2.26 bits per heavy atom. The van der Waals surface area contributed by atoms with Gasteiger partial charge in [0.25, 0.3) is 0 Å². The quantitative estimate of drug-likeness (QED) is 0.346. The maximum Gasteiger partial charge on any atom is 0.165 e. The van der Waals surface area contributed by atoms with Crippen molar-refractivity contribution in [3.8, 4) is 17.2 Å². The summed E-state index contributed by atoms with van der Waals surface area (Å²) >= 11 is 0. The summed E-state index contributed by atoms with van der Waals surface area (Å²) in [7, 11) is 0. The second kappa shape index (κ2) is 11.7. The van der Waals surface area contributed by atoms with Crippen LogP contribution >= 0.6 is 0 Å². The van der Waals surface area contributed by atoms with Crippen molar-refractivity contribution in [1.82, 2.24) is 0 Å². The molecule has 0 aliphatic rings. The topological polar surface area (TPSA) is 39.7 Å². The van der Waals surface area contributed by atoms with E-state index in [1.165, 1.54) is 0 Å². The Kier molecular flexibility index (Phi) is 8.41. The third-order valence-corrected chi connectivity index (χ3v) is 4.74. The fraction of sp³-hybridized carbons (Fsp3) is 0.259. The van der Waals surface area contributed by atoms with E-state index in [-0.39, 0.29) is 0 Å². The molecule has 0 atom stereocenters. The SMILES string of the molecule is C=CCc1cc(CNc2ccc(OCC)cc2)cc(OCC)c1OCc1ccccc1. The van der Waals surface area contributed by atoms with Crippen molar-refractivity contribution < 1.29 is 14.2 Å². The highest BCUT2D eigenvalue weighted by Gasteiger charge is 2.14. The van der Waals surface area contributed by atoms with Crippen LogP contribution in [0.5, 0.6) is 17.2 Å². The number of hydrogen-bond acceptors (Lipinski definition) is 4. The molecule has 0 saturated heterocycles. The Balaban J connectivity index is 1.77. The minimum atomic E-state index is 0.495. The second-order valence-electron chi connectivity index (χ2n) is 7.09. The van der Waals surface area contributed by atoms with E-state index in [1.807, 2.05) is 62.4 Å². The molecule has 0 aliphatic heterocycles. The highest BCUT2D eigenvalue weighted by molar-refractivity contribution is 5.52. The molecule has 0 aromatic heterocycles. The molecule has 0 heterocycles. The number of anilines is 1. The number of allylic oxidation sites excluding steroid dienone is 1. The van der Waals surface area contributed by atoms with Crippen LogP contribution in [0.2, 0.25) is 0 Å². The minimum Gasteiger partial charge on any atom is -0.494 e. The third-order valence-electron chi connectivity index (χ3n) is 4.74. The third kappa shape index (κ3) is 6.54. The van der Waals surface area contributed by atoms with E-state index in [0.29, 0.717) is 32.8 Å². The average molecular weight is 418 g/mol. The van der Waals surface area contributed by atoms with E-state index in [0.717, 1.165) is 39.6 Å². The van der Waals surface area contributed by atoms with Crippen LogP contribution in [-0.2, 0) is 19.6 Å². The van der Waals surface area contributed by atoms with Gasteiger partial charge in [0.15, 0.2) is 11.5 Å². The lowest BCUT2D eigenvalue weighted by Crippen LogP contribution is -2.06. The molecule has 162 valence electrons. The van der Waals surface area contributed by atoms with Crippen molar-refractivity contribution in [3.63, 3.8) is 0 Å². The van der Waals surface area contributed by atoms with Gasteiger partial charge in [-0.3, -0.25) is 0 Å². The van der Waals surface area contributed by atoms with Gasteiger partial charge in [-0.05, 0) is 67.8 Å². The number of benzene rings is 3. The molecule has 0 aliphatic carbocycles. The first-order valence-electron chi connectivity index (χ1n) is 10.8. The van der Waals surface area contributed by atoms with Crippen LogP contribution in [0.25, 0.3) is 0 Å². The first-order chi connectivity index (χ1) is 15.2. The van der Waals surface area contributed by atoms with Gasteiger partial charge in [-0.25, -0.2) is 0 Å². The van der Waals surface area contributed by atoms with Gasteiger partial charge in [-0.1, -0.05) is 36.4 Å². The van der Waals surface area contributed by atoms with Crippen molar-refractivity contribution in [3.05, 3.63) is 96.1 Å². The predicted molar refractivity (Wildman–Crippen MR) is 127 cm³/mol. The molecular weight excluding hydrogens is 386 g/mol. The molecule has 3 rings (SSSR count). The van der Waals surface area contributed by atoms with Gasteiger partial charge in [0.1, 0.15) is 12.4 Å². The zero-order chi connectivity index (χ0) is 21.9. The summed E-state index contributed by atoms with van der Waals surface area (Å²) in [5.41, 5.74) is 4.36. The molecular formula is C27H31NO3. The molecule has 0 spiro atoms. The first-order valence-corrected chi connectivity index (χ1v) is 10.8. The molecule has 0 bridgehead atoms. The van der Waals surface area contributed by atoms with Gasteiger partial charge in [-0.2, -0.15) is 0 Å².